The lowest BCUT2D eigenvalue weighted by molar-refractivity contribution is -0.147. The first kappa shape index (κ1) is 11.9. The first-order valence-corrected chi connectivity index (χ1v) is 5.37. The van der Waals surface area contributed by atoms with Crippen molar-refractivity contribution in [1.29, 1.82) is 0 Å². The Hall–Kier alpha value is -2.62. The molecule has 0 atom stereocenters. The maximum Gasteiger partial charge on any atom is 0.394 e. The van der Waals surface area contributed by atoms with Gasteiger partial charge in [0.25, 0.3) is 0 Å². The maximum absolute atomic E-state index is 11.2. The number of hydrogen-bond acceptors (Lipinski definition) is 2. The summed E-state index contributed by atoms with van der Waals surface area (Å²) in [5.74, 6) is -2.55. The highest BCUT2D eigenvalue weighted by atomic mass is 16.4. The number of hydrogen-bond donors (Lipinski definition) is 2. The fourth-order valence-corrected chi connectivity index (χ4v) is 1.64. The summed E-state index contributed by atoms with van der Waals surface area (Å²) in [4.78, 5) is 21.7. The fourth-order valence-electron chi connectivity index (χ4n) is 1.64. The third-order valence-corrected chi connectivity index (χ3v) is 2.45. The van der Waals surface area contributed by atoms with E-state index in [-0.39, 0.29) is 0 Å². The number of rotatable bonds is 2. The van der Waals surface area contributed by atoms with E-state index in [4.69, 9.17) is 5.11 Å². The zero-order chi connectivity index (χ0) is 13.0. The van der Waals surface area contributed by atoms with Gasteiger partial charge in [0, 0.05) is 11.3 Å². The summed E-state index contributed by atoms with van der Waals surface area (Å²) < 4.78 is 0. The van der Waals surface area contributed by atoms with Crippen LogP contribution in [-0.4, -0.2) is 17.0 Å². The molecular weight excluding hydrogens is 230 g/mol. The second kappa shape index (κ2) is 5.14. The normalized spacial score (nSPS) is 9.78. The molecule has 0 spiro atoms. The number of carbonyl (C=O) groups excluding carboxylic acids is 1. The van der Waals surface area contributed by atoms with Gasteiger partial charge in [0.15, 0.2) is 0 Å². The molecule has 0 saturated carbocycles. The largest absolute Gasteiger partial charge is 0.474 e. The van der Waals surface area contributed by atoms with Gasteiger partial charge in [-0.3, -0.25) is 4.79 Å². The molecule has 4 heteroatoms. The van der Waals surface area contributed by atoms with Gasteiger partial charge in [0.2, 0.25) is 0 Å². The van der Waals surface area contributed by atoms with Crippen LogP contribution in [0.25, 0.3) is 11.1 Å². The highest BCUT2D eigenvalue weighted by Gasteiger charge is 2.13. The van der Waals surface area contributed by atoms with Gasteiger partial charge < -0.3 is 10.4 Å². The minimum absolute atomic E-state index is 0.483. The number of anilines is 1. The van der Waals surface area contributed by atoms with Gasteiger partial charge in [-0.15, -0.1) is 0 Å². The smallest absolute Gasteiger partial charge is 0.394 e. The number of carboxylic acid groups (broad SMARTS) is 1. The number of para-hydroxylation sites is 1. The van der Waals surface area contributed by atoms with Gasteiger partial charge in [-0.05, 0) is 11.6 Å². The van der Waals surface area contributed by atoms with E-state index in [1.807, 2.05) is 42.5 Å². The molecule has 0 aliphatic rings. The lowest BCUT2D eigenvalue weighted by Gasteiger charge is -2.09. The predicted molar refractivity (Wildman–Crippen MR) is 68.1 cm³/mol. The zero-order valence-corrected chi connectivity index (χ0v) is 9.46. The lowest BCUT2D eigenvalue weighted by atomic mass is 10.0. The Balaban J connectivity index is 2.38. The third kappa shape index (κ3) is 2.55. The van der Waals surface area contributed by atoms with Gasteiger partial charge in [-0.25, -0.2) is 4.79 Å². The van der Waals surface area contributed by atoms with Crippen LogP contribution in [0.3, 0.4) is 0 Å². The van der Waals surface area contributed by atoms with E-state index in [2.05, 4.69) is 5.32 Å². The third-order valence-electron chi connectivity index (χ3n) is 2.45. The monoisotopic (exact) mass is 241 g/mol. The molecule has 0 aromatic heterocycles. The van der Waals surface area contributed by atoms with Crippen molar-refractivity contribution in [3.05, 3.63) is 54.6 Å². The van der Waals surface area contributed by atoms with E-state index in [1.165, 1.54) is 0 Å². The van der Waals surface area contributed by atoms with Crippen molar-refractivity contribution in [3.8, 4) is 11.1 Å². The Morgan fingerprint density at radius 3 is 2.17 bits per heavy atom. The van der Waals surface area contributed by atoms with Crippen LogP contribution in [-0.2, 0) is 9.59 Å². The molecule has 0 aliphatic carbocycles. The van der Waals surface area contributed by atoms with Crippen molar-refractivity contribution in [2.45, 2.75) is 0 Å². The van der Waals surface area contributed by atoms with Crippen LogP contribution >= 0.6 is 0 Å². The first-order valence-electron chi connectivity index (χ1n) is 5.37. The Bertz CT molecular complexity index is 579. The van der Waals surface area contributed by atoms with E-state index in [9.17, 15) is 9.59 Å². The summed E-state index contributed by atoms with van der Waals surface area (Å²) in [6.07, 6.45) is 0. The van der Waals surface area contributed by atoms with E-state index < -0.39 is 11.9 Å². The van der Waals surface area contributed by atoms with Gasteiger partial charge in [-0.1, -0.05) is 48.5 Å². The van der Waals surface area contributed by atoms with E-state index in [1.54, 1.807) is 12.1 Å². The van der Waals surface area contributed by atoms with Crippen LogP contribution in [0.1, 0.15) is 0 Å². The second-order valence-corrected chi connectivity index (χ2v) is 3.67. The molecule has 1 amide bonds. The summed E-state index contributed by atoms with van der Waals surface area (Å²) in [5.41, 5.74) is 2.18. The average Bonchev–Trinajstić information content (AvgIpc) is 2.40. The fraction of sp³-hybridized carbons (Fsp3) is 0. The molecular formula is C14H11NO3. The van der Waals surface area contributed by atoms with Crippen molar-refractivity contribution in [2.75, 3.05) is 5.32 Å². The summed E-state index contributed by atoms with van der Waals surface area (Å²) in [7, 11) is 0. The van der Waals surface area contributed by atoms with E-state index in [0.29, 0.717) is 5.69 Å². The Morgan fingerprint density at radius 1 is 0.889 bits per heavy atom. The molecule has 0 heterocycles. The number of carboxylic acids is 1. The predicted octanol–water partition coefficient (Wildman–Crippen LogP) is 2.38. The Labute approximate surface area is 104 Å². The standard InChI is InChI=1S/C14H11NO3/c16-13(14(17)18)15-12-9-5-4-8-11(12)10-6-2-1-3-7-10/h1-9H,(H,15,16)(H,17,18). The summed E-state index contributed by atoms with van der Waals surface area (Å²) >= 11 is 0. The first-order chi connectivity index (χ1) is 8.68. The Kier molecular flexibility index (Phi) is 3.38. The zero-order valence-electron chi connectivity index (χ0n) is 9.46. The molecule has 0 unspecified atom stereocenters. The molecule has 0 fully saturated rings. The molecule has 2 rings (SSSR count). The Morgan fingerprint density at radius 2 is 1.50 bits per heavy atom. The molecule has 90 valence electrons. The summed E-state index contributed by atoms with van der Waals surface area (Å²) in [6.45, 7) is 0. The topological polar surface area (TPSA) is 66.4 Å². The number of amides is 1. The minimum Gasteiger partial charge on any atom is -0.474 e. The van der Waals surface area contributed by atoms with Crippen LogP contribution in [0.2, 0.25) is 0 Å². The van der Waals surface area contributed by atoms with Crippen molar-refractivity contribution < 1.29 is 14.7 Å². The summed E-state index contributed by atoms with van der Waals surface area (Å²) in [6, 6.07) is 16.5. The summed E-state index contributed by atoms with van der Waals surface area (Å²) in [5, 5.41) is 11.0. The number of carbonyl (C=O) groups is 2. The lowest BCUT2D eigenvalue weighted by Crippen LogP contribution is -2.22. The number of nitrogens with one attached hydrogen (secondary N) is 1. The molecule has 2 aromatic rings. The number of aliphatic carboxylic acids is 1. The van der Waals surface area contributed by atoms with Gasteiger partial charge in [-0.2, -0.15) is 0 Å². The molecule has 2 N–H and O–H groups in total. The van der Waals surface area contributed by atoms with Crippen LogP contribution in [0.15, 0.2) is 54.6 Å². The molecule has 4 nitrogen and oxygen atoms in total. The molecule has 18 heavy (non-hydrogen) atoms. The van der Waals surface area contributed by atoms with Gasteiger partial charge >= 0.3 is 11.9 Å². The molecule has 0 aliphatic heterocycles. The molecule has 2 aromatic carbocycles. The van der Waals surface area contributed by atoms with Crippen LogP contribution in [0.5, 0.6) is 0 Å². The number of benzene rings is 2. The van der Waals surface area contributed by atoms with Crippen molar-refractivity contribution >= 4 is 17.6 Å². The molecule has 0 saturated heterocycles. The van der Waals surface area contributed by atoms with E-state index in [0.717, 1.165) is 11.1 Å². The highest BCUT2D eigenvalue weighted by Crippen LogP contribution is 2.27. The average molecular weight is 241 g/mol. The van der Waals surface area contributed by atoms with Crippen molar-refractivity contribution in [1.82, 2.24) is 0 Å². The van der Waals surface area contributed by atoms with Crippen LogP contribution < -0.4 is 5.32 Å². The quantitative estimate of drug-likeness (QED) is 0.793. The van der Waals surface area contributed by atoms with Crippen molar-refractivity contribution in [2.24, 2.45) is 0 Å². The maximum atomic E-state index is 11.2. The van der Waals surface area contributed by atoms with Crippen LogP contribution in [0, 0.1) is 0 Å². The van der Waals surface area contributed by atoms with Gasteiger partial charge in [0.1, 0.15) is 0 Å². The molecule has 0 radical (unpaired) electrons. The molecule has 0 bridgehead atoms. The van der Waals surface area contributed by atoms with Crippen molar-refractivity contribution in [3.63, 3.8) is 0 Å². The van der Waals surface area contributed by atoms with Gasteiger partial charge in [0.05, 0.1) is 0 Å². The SMILES string of the molecule is O=C(O)C(=O)Nc1ccccc1-c1ccccc1. The minimum atomic E-state index is -1.50. The van der Waals surface area contributed by atoms with E-state index >= 15 is 0 Å². The highest BCUT2D eigenvalue weighted by molar-refractivity contribution is 6.36. The van der Waals surface area contributed by atoms with Crippen LogP contribution in [0.4, 0.5) is 5.69 Å². The second-order valence-electron chi connectivity index (χ2n) is 3.67.